The van der Waals surface area contributed by atoms with E-state index in [1.807, 2.05) is 18.2 Å². The molecule has 0 heterocycles. The quantitative estimate of drug-likeness (QED) is 0.662. The molecule has 0 fully saturated rings. The Labute approximate surface area is 93.7 Å². The van der Waals surface area contributed by atoms with Crippen molar-refractivity contribution in [3.8, 4) is 6.07 Å². The Kier molecular flexibility index (Phi) is 9.86. The summed E-state index contributed by atoms with van der Waals surface area (Å²) in [5.74, 6) is 0. The van der Waals surface area contributed by atoms with Crippen LogP contribution in [0.25, 0.3) is 0 Å². The Balaban J connectivity index is 0.000000262. The molecule has 0 amide bonds. The SMILES string of the molecule is CCCCCCC#N.Cc1ccccc1. The van der Waals surface area contributed by atoms with E-state index >= 15 is 0 Å². The van der Waals surface area contributed by atoms with Crippen LogP contribution in [0.1, 0.15) is 44.6 Å². The molecule has 1 aromatic rings. The summed E-state index contributed by atoms with van der Waals surface area (Å²) in [6, 6.07) is 12.4. The molecule has 1 nitrogen and oxygen atoms in total. The van der Waals surface area contributed by atoms with E-state index in [1.54, 1.807) is 0 Å². The highest BCUT2D eigenvalue weighted by molar-refractivity contribution is 5.11. The number of hydrogen-bond acceptors (Lipinski definition) is 1. The van der Waals surface area contributed by atoms with E-state index in [-0.39, 0.29) is 0 Å². The summed E-state index contributed by atoms with van der Waals surface area (Å²) < 4.78 is 0. The first kappa shape index (κ1) is 13.7. The summed E-state index contributed by atoms with van der Waals surface area (Å²) >= 11 is 0. The highest BCUT2D eigenvalue weighted by atomic mass is 14.2. The van der Waals surface area contributed by atoms with Crippen LogP contribution in [0, 0.1) is 18.3 Å². The molecule has 0 aliphatic rings. The molecule has 0 bridgehead atoms. The van der Waals surface area contributed by atoms with Crippen molar-refractivity contribution in [1.29, 1.82) is 5.26 Å². The minimum absolute atomic E-state index is 0.736. The Morgan fingerprint density at radius 1 is 1.07 bits per heavy atom. The molecule has 1 aromatic carbocycles. The van der Waals surface area contributed by atoms with E-state index < -0.39 is 0 Å². The van der Waals surface area contributed by atoms with Gasteiger partial charge >= 0.3 is 0 Å². The molecule has 0 N–H and O–H groups in total. The minimum Gasteiger partial charge on any atom is -0.198 e. The first-order valence-corrected chi connectivity index (χ1v) is 5.69. The van der Waals surface area contributed by atoms with Gasteiger partial charge < -0.3 is 0 Å². The van der Waals surface area contributed by atoms with Gasteiger partial charge in [0.1, 0.15) is 0 Å². The number of rotatable bonds is 4. The van der Waals surface area contributed by atoms with Crippen LogP contribution in [-0.4, -0.2) is 0 Å². The standard InChI is InChI=1S/C7H13N.C7H8/c1-2-3-4-5-6-7-8;1-7-5-3-2-4-6-7/h2-6H2,1H3;2-6H,1H3. The lowest BCUT2D eigenvalue weighted by molar-refractivity contribution is 0.678. The lowest BCUT2D eigenvalue weighted by Crippen LogP contribution is -1.72. The van der Waals surface area contributed by atoms with Gasteiger partial charge in [-0.05, 0) is 13.3 Å². The summed E-state index contributed by atoms with van der Waals surface area (Å²) in [6.07, 6.45) is 5.58. The minimum atomic E-state index is 0.736. The number of unbranched alkanes of at least 4 members (excludes halogenated alkanes) is 4. The van der Waals surface area contributed by atoms with E-state index in [0.29, 0.717) is 0 Å². The third kappa shape index (κ3) is 10.6. The van der Waals surface area contributed by atoms with Crippen LogP contribution in [-0.2, 0) is 0 Å². The third-order valence-corrected chi connectivity index (χ3v) is 2.08. The van der Waals surface area contributed by atoms with E-state index in [2.05, 4.69) is 32.0 Å². The zero-order chi connectivity index (χ0) is 11.4. The van der Waals surface area contributed by atoms with Crippen LogP contribution in [0.2, 0.25) is 0 Å². The number of aryl methyl sites for hydroxylation is 1. The Hall–Kier alpha value is -1.29. The van der Waals surface area contributed by atoms with Crippen molar-refractivity contribution >= 4 is 0 Å². The topological polar surface area (TPSA) is 23.8 Å². The first-order valence-electron chi connectivity index (χ1n) is 5.69. The van der Waals surface area contributed by atoms with Crippen LogP contribution in [0.3, 0.4) is 0 Å². The fraction of sp³-hybridized carbons (Fsp3) is 0.500. The van der Waals surface area contributed by atoms with Crippen LogP contribution < -0.4 is 0 Å². The smallest absolute Gasteiger partial charge is 0.0621 e. The molecule has 0 saturated heterocycles. The predicted molar refractivity (Wildman–Crippen MR) is 65.6 cm³/mol. The zero-order valence-corrected chi connectivity index (χ0v) is 9.87. The van der Waals surface area contributed by atoms with Crippen LogP contribution in [0.15, 0.2) is 30.3 Å². The molecule has 15 heavy (non-hydrogen) atoms. The highest BCUT2D eigenvalue weighted by Gasteiger charge is 1.83. The van der Waals surface area contributed by atoms with Gasteiger partial charge in [0.25, 0.3) is 0 Å². The second kappa shape index (κ2) is 10.8. The van der Waals surface area contributed by atoms with Crippen molar-refractivity contribution in [1.82, 2.24) is 0 Å². The van der Waals surface area contributed by atoms with Gasteiger partial charge in [-0.1, -0.05) is 62.1 Å². The van der Waals surface area contributed by atoms with Gasteiger partial charge in [-0.2, -0.15) is 5.26 Å². The van der Waals surface area contributed by atoms with Crippen molar-refractivity contribution in [3.63, 3.8) is 0 Å². The van der Waals surface area contributed by atoms with Gasteiger partial charge in [-0.25, -0.2) is 0 Å². The molecular weight excluding hydrogens is 182 g/mol. The molecule has 0 unspecified atom stereocenters. The van der Waals surface area contributed by atoms with Crippen molar-refractivity contribution < 1.29 is 0 Å². The van der Waals surface area contributed by atoms with Crippen LogP contribution in [0.5, 0.6) is 0 Å². The fourth-order valence-electron chi connectivity index (χ4n) is 1.17. The lowest BCUT2D eigenvalue weighted by Gasteiger charge is -1.89. The molecule has 0 aliphatic carbocycles. The number of benzene rings is 1. The average molecular weight is 203 g/mol. The van der Waals surface area contributed by atoms with Crippen LogP contribution in [0.4, 0.5) is 0 Å². The number of nitrogens with zero attached hydrogens (tertiary/aromatic N) is 1. The average Bonchev–Trinajstić information content (AvgIpc) is 2.27. The second-order valence-corrected chi connectivity index (χ2v) is 3.62. The van der Waals surface area contributed by atoms with Gasteiger partial charge in [-0.15, -0.1) is 0 Å². The van der Waals surface area contributed by atoms with E-state index in [4.69, 9.17) is 5.26 Å². The summed E-state index contributed by atoms with van der Waals surface area (Å²) in [6.45, 7) is 4.26. The number of hydrogen-bond donors (Lipinski definition) is 0. The normalized spacial score (nSPS) is 8.60. The van der Waals surface area contributed by atoms with Crippen molar-refractivity contribution in [2.75, 3.05) is 0 Å². The molecule has 0 spiro atoms. The zero-order valence-electron chi connectivity index (χ0n) is 9.87. The Bertz CT molecular complexity index is 258. The number of nitriles is 1. The lowest BCUT2D eigenvalue weighted by atomic mass is 10.2. The van der Waals surface area contributed by atoms with Crippen molar-refractivity contribution in [2.45, 2.75) is 46.0 Å². The summed E-state index contributed by atoms with van der Waals surface area (Å²) in [7, 11) is 0. The molecule has 0 atom stereocenters. The van der Waals surface area contributed by atoms with E-state index in [1.165, 1.54) is 24.8 Å². The first-order chi connectivity index (χ1) is 7.31. The van der Waals surface area contributed by atoms with Crippen LogP contribution >= 0.6 is 0 Å². The van der Waals surface area contributed by atoms with Gasteiger partial charge in [0.2, 0.25) is 0 Å². The largest absolute Gasteiger partial charge is 0.198 e. The van der Waals surface area contributed by atoms with E-state index in [9.17, 15) is 0 Å². The second-order valence-electron chi connectivity index (χ2n) is 3.62. The predicted octanol–water partition coefficient (Wildman–Crippen LogP) is 4.48. The molecule has 0 radical (unpaired) electrons. The molecular formula is C14H21N. The Morgan fingerprint density at radius 2 is 1.73 bits per heavy atom. The van der Waals surface area contributed by atoms with Crippen molar-refractivity contribution in [2.24, 2.45) is 0 Å². The molecule has 1 heteroatoms. The molecule has 0 aromatic heterocycles. The molecule has 0 saturated carbocycles. The monoisotopic (exact) mass is 203 g/mol. The highest BCUT2D eigenvalue weighted by Crippen LogP contribution is 2.00. The molecule has 0 aliphatic heterocycles. The fourth-order valence-corrected chi connectivity index (χ4v) is 1.17. The summed E-state index contributed by atoms with van der Waals surface area (Å²) in [5, 5.41) is 8.12. The summed E-state index contributed by atoms with van der Waals surface area (Å²) in [5.41, 5.74) is 1.32. The maximum Gasteiger partial charge on any atom is 0.0621 e. The molecule has 82 valence electrons. The van der Waals surface area contributed by atoms with Gasteiger partial charge in [0, 0.05) is 6.42 Å². The van der Waals surface area contributed by atoms with Gasteiger partial charge in [0.15, 0.2) is 0 Å². The molecule has 1 rings (SSSR count). The van der Waals surface area contributed by atoms with Gasteiger partial charge in [0.05, 0.1) is 6.07 Å². The van der Waals surface area contributed by atoms with Gasteiger partial charge in [-0.3, -0.25) is 0 Å². The van der Waals surface area contributed by atoms with E-state index in [0.717, 1.165) is 12.8 Å². The maximum atomic E-state index is 8.12. The summed E-state index contributed by atoms with van der Waals surface area (Å²) in [4.78, 5) is 0. The third-order valence-electron chi connectivity index (χ3n) is 2.08. The Morgan fingerprint density at radius 3 is 2.13 bits per heavy atom. The maximum absolute atomic E-state index is 8.12. The van der Waals surface area contributed by atoms with Crippen molar-refractivity contribution in [3.05, 3.63) is 35.9 Å².